The summed E-state index contributed by atoms with van der Waals surface area (Å²) in [6.45, 7) is 2.27. The molecule has 0 spiro atoms. The first-order chi connectivity index (χ1) is 5.18. The highest BCUT2D eigenvalue weighted by atomic mass is 16.6. The van der Waals surface area contributed by atoms with Gasteiger partial charge in [-0.15, -0.1) is 0 Å². The van der Waals surface area contributed by atoms with Crippen LogP contribution >= 0.6 is 0 Å². The van der Waals surface area contributed by atoms with Gasteiger partial charge in [0.2, 0.25) is 6.54 Å². The number of likely N-dealkylation sites (tertiary alicyclic amines) is 1. The Kier molecular flexibility index (Phi) is 2.82. The molecule has 1 rings (SSSR count). The van der Waals surface area contributed by atoms with Crippen molar-refractivity contribution in [2.24, 2.45) is 5.92 Å². The van der Waals surface area contributed by atoms with Gasteiger partial charge in [-0.05, 0) is 25.9 Å². The lowest BCUT2D eigenvalue weighted by Gasteiger charge is -2.06. The average molecular weight is 158 g/mol. The van der Waals surface area contributed by atoms with Crippen LogP contribution in [0.25, 0.3) is 0 Å². The van der Waals surface area contributed by atoms with Gasteiger partial charge >= 0.3 is 0 Å². The molecule has 1 unspecified atom stereocenters. The monoisotopic (exact) mass is 158 g/mol. The van der Waals surface area contributed by atoms with Crippen molar-refractivity contribution in [3.8, 4) is 0 Å². The number of rotatable bonds is 3. The van der Waals surface area contributed by atoms with E-state index in [9.17, 15) is 10.1 Å². The second-order valence-electron chi connectivity index (χ2n) is 3.26. The summed E-state index contributed by atoms with van der Waals surface area (Å²) in [5.41, 5.74) is 0. The molecule has 1 heterocycles. The molecule has 0 aliphatic carbocycles. The van der Waals surface area contributed by atoms with Gasteiger partial charge in [0, 0.05) is 17.9 Å². The molecular formula is C7H14N2O2. The maximum Gasteiger partial charge on any atom is 0.204 e. The van der Waals surface area contributed by atoms with Gasteiger partial charge in [-0.1, -0.05) is 0 Å². The van der Waals surface area contributed by atoms with Gasteiger partial charge in [0.05, 0.1) is 0 Å². The van der Waals surface area contributed by atoms with Crippen LogP contribution in [0.2, 0.25) is 0 Å². The molecule has 0 radical (unpaired) electrons. The Bertz CT molecular complexity index is 149. The third-order valence-electron chi connectivity index (χ3n) is 2.21. The van der Waals surface area contributed by atoms with Gasteiger partial charge in [0.25, 0.3) is 0 Å². The Hall–Kier alpha value is -0.640. The maximum absolute atomic E-state index is 10.0. The van der Waals surface area contributed by atoms with Crippen LogP contribution in [0.4, 0.5) is 0 Å². The fraction of sp³-hybridized carbons (Fsp3) is 1.00. The molecular weight excluding hydrogens is 144 g/mol. The van der Waals surface area contributed by atoms with Crippen molar-refractivity contribution in [1.29, 1.82) is 0 Å². The molecule has 1 atom stereocenters. The molecule has 0 N–H and O–H groups in total. The summed E-state index contributed by atoms with van der Waals surface area (Å²) in [7, 11) is 2.06. The highest BCUT2D eigenvalue weighted by Crippen LogP contribution is 2.17. The first-order valence-corrected chi connectivity index (χ1v) is 3.99. The second-order valence-corrected chi connectivity index (χ2v) is 3.26. The van der Waals surface area contributed by atoms with E-state index >= 15 is 0 Å². The van der Waals surface area contributed by atoms with E-state index < -0.39 is 0 Å². The quantitative estimate of drug-likeness (QED) is 0.446. The van der Waals surface area contributed by atoms with Gasteiger partial charge in [-0.2, -0.15) is 0 Å². The summed E-state index contributed by atoms with van der Waals surface area (Å²) < 4.78 is 0. The van der Waals surface area contributed by atoms with E-state index in [1.54, 1.807) is 0 Å². The topological polar surface area (TPSA) is 46.4 Å². The first-order valence-electron chi connectivity index (χ1n) is 3.99. The summed E-state index contributed by atoms with van der Waals surface area (Å²) in [6.07, 6.45) is 1.88. The van der Waals surface area contributed by atoms with Crippen molar-refractivity contribution < 1.29 is 4.92 Å². The van der Waals surface area contributed by atoms with Gasteiger partial charge in [-0.3, -0.25) is 10.1 Å². The van der Waals surface area contributed by atoms with Crippen LogP contribution in [-0.4, -0.2) is 36.5 Å². The number of nitrogens with zero attached hydrogens (tertiary/aromatic N) is 2. The van der Waals surface area contributed by atoms with Gasteiger partial charge in [-0.25, -0.2) is 0 Å². The first kappa shape index (κ1) is 8.46. The maximum atomic E-state index is 10.0. The average Bonchev–Trinajstić information content (AvgIpc) is 2.31. The molecule has 0 aromatic rings. The van der Waals surface area contributed by atoms with Crippen LogP contribution in [0.5, 0.6) is 0 Å². The van der Waals surface area contributed by atoms with Crippen molar-refractivity contribution in [2.75, 3.05) is 26.7 Å². The lowest BCUT2D eigenvalue weighted by Crippen LogP contribution is -2.15. The summed E-state index contributed by atoms with van der Waals surface area (Å²) in [5, 5.41) is 10.0. The van der Waals surface area contributed by atoms with E-state index in [1.807, 2.05) is 0 Å². The molecule has 0 saturated carbocycles. The Morgan fingerprint density at radius 2 is 2.45 bits per heavy atom. The smallest absolute Gasteiger partial charge is 0.204 e. The van der Waals surface area contributed by atoms with Gasteiger partial charge in [0.1, 0.15) is 0 Å². The van der Waals surface area contributed by atoms with Gasteiger partial charge in [0.15, 0.2) is 0 Å². The molecule has 64 valence electrons. The molecule has 1 saturated heterocycles. The van der Waals surface area contributed by atoms with Crippen molar-refractivity contribution in [1.82, 2.24) is 4.90 Å². The normalized spacial score (nSPS) is 25.7. The minimum Gasteiger partial charge on any atom is -0.306 e. The number of nitro groups is 1. The van der Waals surface area contributed by atoms with E-state index in [0.29, 0.717) is 5.92 Å². The second kappa shape index (κ2) is 3.67. The van der Waals surface area contributed by atoms with E-state index in [0.717, 1.165) is 25.9 Å². The van der Waals surface area contributed by atoms with Crippen LogP contribution in [0, 0.1) is 16.0 Å². The largest absolute Gasteiger partial charge is 0.306 e. The van der Waals surface area contributed by atoms with Crippen molar-refractivity contribution >= 4 is 0 Å². The molecule has 0 aromatic carbocycles. The SMILES string of the molecule is CN1CCC(CC[N+](=O)[O-])C1. The Labute approximate surface area is 66.3 Å². The lowest BCUT2D eigenvalue weighted by molar-refractivity contribution is -0.481. The Morgan fingerprint density at radius 1 is 1.73 bits per heavy atom. The number of hydrogen-bond acceptors (Lipinski definition) is 3. The van der Waals surface area contributed by atoms with Crippen LogP contribution in [0.3, 0.4) is 0 Å². The summed E-state index contributed by atoms with van der Waals surface area (Å²) in [5.74, 6) is 0.561. The summed E-state index contributed by atoms with van der Waals surface area (Å²) in [4.78, 5) is 12.0. The molecule has 0 bridgehead atoms. The van der Waals surface area contributed by atoms with Crippen LogP contribution in [0.15, 0.2) is 0 Å². The predicted molar refractivity (Wildman–Crippen MR) is 42.1 cm³/mol. The molecule has 11 heavy (non-hydrogen) atoms. The summed E-state index contributed by atoms with van der Waals surface area (Å²) in [6, 6.07) is 0. The van der Waals surface area contributed by atoms with Crippen LogP contribution in [-0.2, 0) is 0 Å². The highest BCUT2D eigenvalue weighted by Gasteiger charge is 2.20. The molecule has 1 aliphatic rings. The minimum atomic E-state index is -0.224. The van der Waals surface area contributed by atoms with E-state index in [2.05, 4.69) is 11.9 Å². The predicted octanol–water partition coefficient (Wildman–Crippen LogP) is 0.605. The molecule has 4 nitrogen and oxygen atoms in total. The lowest BCUT2D eigenvalue weighted by atomic mass is 10.1. The fourth-order valence-electron chi connectivity index (χ4n) is 1.55. The molecule has 0 amide bonds. The van der Waals surface area contributed by atoms with E-state index in [-0.39, 0.29) is 11.5 Å². The van der Waals surface area contributed by atoms with E-state index in [4.69, 9.17) is 0 Å². The zero-order chi connectivity index (χ0) is 8.27. The van der Waals surface area contributed by atoms with Crippen molar-refractivity contribution in [3.63, 3.8) is 0 Å². The number of hydrogen-bond donors (Lipinski definition) is 0. The van der Waals surface area contributed by atoms with Gasteiger partial charge < -0.3 is 4.90 Å². The van der Waals surface area contributed by atoms with E-state index in [1.165, 1.54) is 0 Å². The van der Waals surface area contributed by atoms with Crippen LogP contribution in [0.1, 0.15) is 12.8 Å². The molecule has 1 aliphatic heterocycles. The summed E-state index contributed by atoms with van der Waals surface area (Å²) >= 11 is 0. The Morgan fingerprint density at radius 3 is 2.91 bits per heavy atom. The molecule has 4 heteroatoms. The zero-order valence-corrected chi connectivity index (χ0v) is 6.82. The standard InChI is InChI=1S/C7H14N2O2/c1-8-4-2-7(6-8)3-5-9(10)11/h7H,2-6H2,1H3. The highest BCUT2D eigenvalue weighted by molar-refractivity contribution is 4.72. The molecule has 1 fully saturated rings. The third kappa shape index (κ3) is 2.84. The Balaban J connectivity index is 2.13. The minimum absolute atomic E-state index is 0.137. The van der Waals surface area contributed by atoms with Crippen molar-refractivity contribution in [3.05, 3.63) is 10.1 Å². The third-order valence-corrected chi connectivity index (χ3v) is 2.21. The van der Waals surface area contributed by atoms with Crippen molar-refractivity contribution in [2.45, 2.75) is 12.8 Å². The fourth-order valence-corrected chi connectivity index (χ4v) is 1.55. The zero-order valence-electron chi connectivity index (χ0n) is 6.82. The van der Waals surface area contributed by atoms with Crippen LogP contribution < -0.4 is 0 Å². The molecule has 0 aromatic heterocycles.